The van der Waals surface area contributed by atoms with Gasteiger partial charge in [0.05, 0.1) is 12.6 Å². The quantitative estimate of drug-likeness (QED) is 0.697. The van der Waals surface area contributed by atoms with Crippen molar-refractivity contribution >= 4 is 17.3 Å². The second-order valence-electron chi connectivity index (χ2n) is 3.37. The van der Waals surface area contributed by atoms with Crippen molar-refractivity contribution in [2.24, 2.45) is 0 Å². The summed E-state index contributed by atoms with van der Waals surface area (Å²) in [5.74, 6) is -0.257. The molecule has 3 nitrogen and oxygen atoms in total. The highest BCUT2D eigenvalue weighted by Gasteiger charge is 2.10. The van der Waals surface area contributed by atoms with Crippen molar-refractivity contribution in [2.75, 3.05) is 13.2 Å². The van der Waals surface area contributed by atoms with Crippen LogP contribution in [0.1, 0.15) is 18.5 Å². The molecule has 0 aliphatic heterocycles. The van der Waals surface area contributed by atoms with Gasteiger partial charge in [0.15, 0.2) is 5.11 Å². The lowest BCUT2D eigenvalue weighted by atomic mass is 10.1. The fourth-order valence-corrected chi connectivity index (χ4v) is 1.60. The standard InChI is InChI=1S/C11H15FN2OS/c1-8(14-11(16)13-6-7-15)9-4-2-3-5-10(9)12/h2-5,8,15H,6-7H2,1H3,(H2,13,14,16). The van der Waals surface area contributed by atoms with Gasteiger partial charge in [-0.1, -0.05) is 18.2 Å². The molecule has 0 saturated carbocycles. The van der Waals surface area contributed by atoms with Gasteiger partial charge >= 0.3 is 0 Å². The molecule has 0 aromatic heterocycles. The van der Waals surface area contributed by atoms with Gasteiger partial charge in [0, 0.05) is 12.1 Å². The fourth-order valence-electron chi connectivity index (χ4n) is 1.32. The van der Waals surface area contributed by atoms with Crippen LogP contribution in [0.4, 0.5) is 4.39 Å². The molecule has 5 heteroatoms. The van der Waals surface area contributed by atoms with Gasteiger partial charge in [-0.25, -0.2) is 4.39 Å². The van der Waals surface area contributed by atoms with Gasteiger partial charge in [-0.3, -0.25) is 0 Å². The van der Waals surface area contributed by atoms with Gasteiger partial charge in [-0.15, -0.1) is 0 Å². The van der Waals surface area contributed by atoms with Crippen LogP contribution in [0.5, 0.6) is 0 Å². The average molecular weight is 242 g/mol. The molecule has 1 unspecified atom stereocenters. The zero-order valence-corrected chi connectivity index (χ0v) is 9.85. The molecule has 3 N–H and O–H groups in total. The van der Waals surface area contributed by atoms with Crippen LogP contribution in [0.25, 0.3) is 0 Å². The first-order chi connectivity index (χ1) is 7.65. The van der Waals surface area contributed by atoms with E-state index in [1.807, 2.05) is 6.92 Å². The number of nitrogens with one attached hydrogen (secondary N) is 2. The maximum absolute atomic E-state index is 13.4. The predicted octanol–water partition coefficient (Wildman–Crippen LogP) is 1.34. The first-order valence-corrected chi connectivity index (χ1v) is 5.45. The zero-order valence-electron chi connectivity index (χ0n) is 9.03. The molecule has 1 rings (SSSR count). The van der Waals surface area contributed by atoms with E-state index in [0.717, 1.165) is 0 Å². The van der Waals surface area contributed by atoms with Crippen LogP contribution in [-0.4, -0.2) is 23.4 Å². The number of thiocarbonyl (C=S) groups is 1. The average Bonchev–Trinajstić information content (AvgIpc) is 2.26. The summed E-state index contributed by atoms with van der Waals surface area (Å²) in [7, 11) is 0. The van der Waals surface area contributed by atoms with Gasteiger partial charge in [-0.05, 0) is 25.2 Å². The first-order valence-electron chi connectivity index (χ1n) is 5.04. The minimum atomic E-state index is -0.257. The summed E-state index contributed by atoms with van der Waals surface area (Å²) in [5.41, 5.74) is 0.565. The molecular weight excluding hydrogens is 227 g/mol. The summed E-state index contributed by atoms with van der Waals surface area (Å²) < 4.78 is 13.4. The highest BCUT2D eigenvalue weighted by molar-refractivity contribution is 7.80. The molecule has 1 aromatic rings. The number of rotatable bonds is 4. The molecule has 0 aliphatic rings. The summed E-state index contributed by atoms with van der Waals surface area (Å²) in [6.07, 6.45) is 0. The van der Waals surface area contributed by atoms with E-state index >= 15 is 0 Å². The Kier molecular flexibility index (Phi) is 5.14. The highest BCUT2D eigenvalue weighted by Crippen LogP contribution is 2.15. The Balaban J connectivity index is 2.55. The molecule has 0 amide bonds. The van der Waals surface area contributed by atoms with Gasteiger partial charge in [-0.2, -0.15) is 0 Å². The molecule has 1 aromatic carbocycles. The Labute approximate surface area is 99.7 Å². The zero-order chi connectivity index (χ0) is 12.0. The third-order valence-electron chi connectivity index (χ3n) is 2.12. The predicted molar refractivity (Wildman–Crippen MR) is 65.6 cm³/mol. The van der Waals surface area contributed by atoms with Crippen LogP contribution in [-0.2, 0) is 0 Å². The van der Waals surface area contributed by atoms with Crippen LogP contribution in [0.3, 0.4) is 0 Å². The van der Waals surface area contributed by atoms with Crippen LogP contribution in [0.15, 0.2) is 24.3 Å². The van der Waals surface area contributed by atoms with Gasteiger partial charge in [0.25, 0.3) is 0 Å². The van der Waals surface area contributed by atoms with Gasteiger partial charge in [0.1, 0.15) is 5.82 Å². The van der Waals surface area contributed by atoms with E-state index in [2.05, 4.69) is 10.6 Å². The number of hydrogen-bond donors (Lipinski definition) is 3. The Morgan fingerprint density at radius 2 is 2.19 bits per heavy atom. The largest absolute Gasteiger partial charge is 0.395 e. The summed E-state index contributed by atoms with van der Waals surface area (Å²) in [6, 6.07) is 6.34. The lowest BCUT2D eigenvalue weighted by molar-refractivity contribution is 0.300. The van der Waals surface area contributed by atoms with E-state index in [9.17, 15) is 4.39 Å². The number of benzene rings is 1. The summed E-state index contributed by atoms with van der Waals surface area (Å²) in [4.78, 5) is 0. The molecule has 0 saturated heterocycles. The second-order valence-corrected chi connectivity index (χ2v) is 3.78. The fraction of sp³-hybridized carbons (Fsp3) is 0.364. The van der Waals surface area contributed by atoms with E-state index in [-0.39, 0.29) is 18.5 Å². The van der Waals surface area contributed by atoms with Gasteiger partial charge < -0.3 is 15.7 Å². The molecule has 0 spiro atoms. The van der Waals surface area contributed by atoms with Crippen LogP contribution in [0.2, 0.25) is 0 Å². The minimum absolute atomic E-state index is 0.00982. The molecule has 0 radical (unpaired) electrons. The van der Waals surface area contributed by atoms with E-state index in [1.165, 1.54) is 6.07 Å². The third kappa shape index (κ3) is 3.75. The number of halogens is 1. The summed E-state index contributed by atoms with van der Waals surface area (Å²) in [6.45, 7) is 2.22. The molecule has 0 bridgehead atoms. The van der Waals surface area contributed by atoms with Crippen LogP contribution in [0, 0.1) is 5.82 Å². The smallest absolute Gasteiger partial charge is 0.166 e. The maximum Gasteiger partial charge on any atom is 0.166 e. The topological polar surface area (TPSA) is 44.3 Å². The van der Waals surface area contributed by atoms with E-state index in [0.29, 0.717) is 17.2 Å². The SMILES string of the molecule is CC(NC(=S)NCCO)c1ccccc1F. The van der Waals surface area contributed by atoms with Crippen molar-refractivity contribution in [2.45, 2.75) is 13.0 Å². The van der Waals surface area contributed by atoms with Crippen molar-refractivity contribution < 1.29 is 9.50 Å². The lowest BCUT2D eigenvalue weighted by Gasteiger charge is -2.17. The Bertz CT molecular complexity index is 360. The molecular formula is C11H15FN2OS. The number of aliphatic hydroxyl groups excluding tert-OH is 1. The third-order valence-corrected chi connectivity index (χ3v) is 2.38. The van der Waals surface area contributed by atoms with Crippen molar-refractivity contribution in [3.63, 3.8) is 0 Å². The number of aliphatic hydroxyl groups is 1. The molecule has 0 fully saturated rings. The lowest BCUT2D eigenvalue weighted by Crippen LogP contribution is -2.38. The monoisotopic (exact) mass is 242 g/mol. The summed E-state index contributed by atoms with van der Waals surface area (Å²) in [5, 5.41) is 14.7. The van der Waals surface area contributed by atoms with Crippen molar-refractivity contribution in [1.82, 2.24) is 10.6 Å². The van der Waals surface area contributed by atoms with Crippen LogP contribution >= 0.6 is 12.2 Å². The molecule has 0 heterocycles. The Morgan fingerprint density at radius 1 is 1.50 bits per heavy atom. The van der Waals surface area contributed by atoms with Crippen molar-refractivity contribution in [3.8, 4) is 0 Å². The van der Waals surface area contributed by atoms with E-state index in [1.54, 1.807) is 18.2 Å². The molecule has 0 aliphatic carbocycles. The summed E-state index contributed by atoms with van der Waals surface area (Å²) >= 11 is 4.98. The Hall–Kier alpha value is -1.20. The normalized spacial score (nSPS) is 11.9. The van der Waals surface area contributed by atoms with Crippen LogP contribution < -0.4 is 10.6 Å². The molecule has 88 valence electrons. The van der Waals surface area contributed by atoms with Crippen molar-refractivity contribution in [1.29, 1.82) is 0 Å². The van der Waals surface area contributed by atoms with Gasteiger partial charge in [0.2, 0.25) is 0 Å². The molecule has 1 atom stereocenters. The highest BCUT2D eigenvalue weighted by atomic mass is 32.1. The maximum atomic E-state index is 13.4. The minimum Gasteiger partial charge on any atom is -0.395 e. The Morgan fingerprint density at radius 3 is 2.81 bits per heavy atom. The molecule has 16 heavy (non-hydrogen) atoms. The van der Waals surface area contributed by atoms with Crippen molar-refractivity contribution in [3.05, 3.63) is 35.6 Å². The second kappa shape index (κ2) is 6.40. The van der Waals surface area contributed by atoms with E-state index < -0.39 is 0 Å². The first kappa shape index (κ1) is 12.9. The number of hydrogen-bond acceptors (Lipinski definition) is 2. The van der Waals surface area contributed by atoms with E-state index in [4.69, 9.17) is 17.3 Å².